The minimum absolute atomic E-state index is 0.474. The summed E-state index contributed by atoms with van der Waals surface area (Å²) in [4.78, 5) is 10.9. The van der Waals surface area contributed by atoms with Crippen molar-refractivity contribution >= 4 is 5.82 Å². The normalized spacial score (nSPS) is 24.4. The maximum absolute atomic E-state index is 9.15. The van der Waals surface area contributed by atoms with E-state index >= 15 is 0 Å². The van der Waals surface area contributed by atoms with Crippen LogP contribution >= 0.6 is 0 Å². The molecule has 4 heteroatoms. The molecule has 0 bridgehead atoms. The summed E-state index contributed by atoms with van der Waals surface area (Å²) in [5.74, 6) is 1.59. The molecule has 1 aromatic heterocycles. The van der Waals surface area contributed by atoms with Crippen molar-refractivity contribution in [2.75, 3.05) is 11.4 Å². The molecule has 0 aromatic carbocycles. The first-order chi connectivity index (χ1) is 8.90. The van der Waals surface area contributed by atoms with Crippen molar-refractivity contribution in [2.24, 2.45) is 5.92 Å². The lowest BCUT2D eigenvalue weighted by atomic mass is 9.96. The molecule has 0 N–H and O–H groups in total. The van der Waals surface area contributed by atoms with Gasteiger partial charge in [0.15, 0.2) is 11.5 Å². The standard InChI is InChI=1S/C14H18N4/c15-10-12-14(17-8-7-16-12)18-9-3-6-13(18)11-4-1-2-5-11/h7-8,11,13H,1-6,9H2. The number of hydrogen-bond donors (Lipinski definition) is 0. The molecule has 4 nitrogen and oxygen atoms in total. The van der Waals surface area contributed by atoms with E-state index in [2.05, 4.69) is 20.9 Å². The Morgan fingerprint density at radius 3 is 2.67 bits per heavy atom. The second-order valence-electron chi connectivity index (χ2n) is 5.29. The Morgan fingerprint density at radius 2 is 1.89 bits per heavy atom. The van der Waals surface area contributed by atoms with Crippen LogP contribution in [0.2, 0.25) is 0 Å². The van der Waals surface area contributed by atoms with Gasteiger partial charge in [0.1, 0.15) is 6.07 Å². The summed E-state index contributed by atoms with van der Waals surface area (Å²) >= 11 is 0. The fourth-order valence-electron chi connectivity index (χ4n) is 3.51. The molecule has 0 spiro atoms. The third-order valence-corrected chi connectivity index (χ3v) is 4.30. The monoisotopic (exact) mass is 242 g/mol. The van der Waals surface area contributed by atoms with E-state index in [9.17, 15) is 0 Å². The number of anilines is 1. The molecule has 3 rings (SSSR count). The summed E-state index contributed by atoms with van der Waals surface area (Å²) in [5.41, 5.74) is 0.474. The molecule has 1 aliphatic carbocycles. The smallest absolute Gasteiger partial charge is 0.183 e. The minimum atomic E-state index is 0.474. The van der Waals surface area contributed by atoms with Crippen LogP contribution in [0, 0.1) is 17.2 Å². The van der Waals surface area contributed by atoms with Crippen molar-refractivity contribution in [3.05, 3.63) is 18.1 Å². The molecule has 2 heterocycles. The Hall–Kier alpha value is -1.63. The van der Waals surface area contributed by atoms with E-state index in [1.165, 1.54) is 38.5 Å². The van der Waals surface area contributed by atoms with Crippen LogP contribution in [0.4, 0.5) is 5.82 Å². The van der Waals surface area contributed by atoms with Crippen molar-refractivity contribution < 1.29 is 0 Å². The third kappa shape index (κ3) is 1.94. The van der Waals surface area contributed by atoms with Gasteiger partial charge in [0.25, 0.3) is 0 Å². The van der Waals surface area contributed by atoms with Gasteiger partial charge < -0.3 is 4.90 Å². The molecule has 1 aromatic rings. The van der Waals surface area contributed by atoms with Gasteiger partial charge in [-0.25, -0.2) is 9.97 Å². The van der Waals surface area contributed by atoms with Gasteiger partial charge >= 0.3 is 0 Å². The largest absolute Gasteiger partial charge is 0.351 e. The third-order valence-electron chi connectivity index (χ3n) is 4.30. The molecule has 1 saturated carbocycles. The molecule has 2 aliphatic rings. The summed E-state index contributed by atoms with van der Waals surface area (Å²) in [5, 5.41) is 9.15. The Labute approximate surface area is 108 Å². The van der Waals surface area contributed by atoms with Gasteiger partial charge in [0.05, 0.1) is 0 Å². The quantitative estimate of drug-likeness (QED) is 0.799. The van der Waals surface area contributed by atoms with Gasteiger partial charge in [-0.3, -0.25) is 0 Å². The van der Waals surface area contributed by atoms with E-state index in [1.807, 2.05) is 0 Å². The predicted molar refractivity (Wildman–Crippen MR) is 69.1 cm³/mol. The summed E-state index contributed by atoms with van der Waals surface area (Å²) < 4.78 is 0. The molecule has 1 unspecified atom stereocenters. The van der Waals surface area contributed by atoms with Crippen LogP contribution in [0.5, 0.6) is 0 Å². The van der Waals surface area contributed by atoms with Crippen molar-refractivity contribution in [3.63, 3.8) is 0 Å². The van der Waals surface area contributed by atoms with E-state index in [4.69, 9.17) is 5.26 Å². The molecule has 94 valence electrons. The second kappa shape index (κ2) is 4.93. The summed E-state index contributed by atoms with van der Waals surface area (Å²) in [7, 11) is 0. The average Bonchev–Trinajstić information content (AvgIpc) is 3.09. The van der Waals surface area contributed by atoms with Crippen molar-refractivity contribution in [2.45, 2.75) is 44.6 Å². The topological polar surface area (TPSA) is 52.8 Å². The first kappa shape index (κ1) is 11.5. The lowest BCUT2D eigenvalue weighted by Crippen LogP contribution is -2.35. The molecular weight excluding hydrogens is 224 g/mol. The first-order valence-corrected chi connectivity index (χ1v) is 6.88. The second-order valence-corrected chi connectivity index (χ2v) is 5.29. The highest BCUT2D eigenvalue weighted by Crippen LogP contribution is 2.37. The Balaban J connectivity index is 1.88. The molecule has 1 saturated heterocycles. The molecular formula is C14H18N4. The van der Waals surface area contributed by atoms with Crippen molar-refractivity contribution in [1.82, 2.24) is 9.97 Å². The average molecular weight is 242 g/mol. The molecule has 0 amide bonds. The summed E-state index contributed by atoms with van der Waals surface area (Å²) in [6, 6.07) is 2.75. The molecule has 2 fully saturated rings. The lowest BCUT2D eigenvalue weighted by molar-refractivity contribution is 0.429. The Bertz CT molecular complexity index is 459. The van der Waals surface area contributed by atoms with Crippen molar-refractivity contribution in [1.29, 1.82) is 5.26 Å². The lowest BCUT2D eigenvalue weighted by Gasteiger charge is -2.30. The van der Waals surface area contributed by atoms with Gasteiger partial charge in [-0.1, -0.05) is 12.8 Å². The van der Waals surface area contributed by atoms with E-state index in [0.717, 1.165) is 18.3 Å². The minimum Gasteiger partial charge on any atom is -0.351 e. The first-order valence-electron chi connectivity index (χ1n) is 6.88. The van der Waals surface area contributed by atoms with E-state index < -0.39 is 0 Å². The Morgan fingerprint density at radius 1 is 1.11 bits per heavy atom. The van der Waals surface area contributed by atoms with Crippen LogP contribution < -0.4 is 4.90 Å². The summed E-state index contributed by atoms with van der Waals surface area (Å²) in [6.45, 7) is 1.02. The highest BCUT2D eigenvalue weighted by atomic mass is 15.2. The Kier molecular flexibility index (Phi) is 3.14. The van der Waals surface area contributed by atoms with Gasteiger partial charge in [0, 0.05) is 25.0 Å². The van der Waals surface area contributed by atoms with Crippen LogP contribution in [0.1, 0.15) is 44.2 Å². The SMILES string of the molecule is N#Cc1nccnc1N1CCCC1C1CCCC1. The van der Waals surface area contributed by atoms with Gasteiger partial charge in [-0.15, -0.1) is 0 Å². The highest BCUT2D eigenvalue weighted by Gasteiger charge is 2.35. The van der Waals surface area contributed by atoms with Crippen LogP contribution in [0.15, 0.2) is 12.4 Å². The van der Waals surface area contributed by atoms with Crippen LogP contribution in [0.25, 0.3) is 0 Å². The van der Waals surface area contributed by atoms with Gasteiger partial charge in [-0.05, 0) is 31.6 Å². The maximum atomic E-state index is 9.15. The zero-order valence-corrected chi connectivity index (χ0v) is 10.5. The van der Waals surface area contributed by atoms with E-state index in [1.54, 1.807) is 12.4 Å². The molecule has 0 radical (unpaired) electrons. The fourth-order valence-corrected chi connectivity index (χ4v) is 3.51. The van der Waals surface area contributed by atoms with Gasteiger partial charge in [-0.2, -0.15) is 5.26 Å². The van der Waals surface area contributed by atoms with Crippen LogP contribution in [-0.4, -0.2) is 22.6 Å². The number of hydrogen-bond acceptors (Lipinski definition) is 4. The zero-order valence-electron chi connectivity index (χ0n) is 10.5. The number of nitriles is 1. The highest BCUT2D eigenvalue weighted by molar-refractivity contribution is 5.51. The van der Waals surface area contributed by atoms with E-state index in [0.29, 0.717) is 11.7 Å². The summed E-state index contributed by atoms with van der Waals surface area (Å²) in [6.07, 6.45) is 11.1. The molecule has 18 heavy (non-hydrogen) atoms. The zero-order chi connectivity index (χ0) is 12.4. The fraction of sp³-hybridized carbons (Fsp3) is 0.643. The number of rotatable bonds is 2. The molecule has 1 aliphatic heterocycles. The predicted octanol–water partition coefficient (Wildman–Crippen LogP) is 2.51. The molecule has 1 atom stereocenters. The van der Waals surface area contributed by atoms with E-state index in [-0.39, 0.29) is 0 Å². The van der Waals surface area contributed by atoms with Gasteiger partial charge in [0.2, 0.25) is 0 Å². The number of aromatic nitrogens is 2. The van der Waals surface area contributed by atoms with Crippen LogP contribution in [0.3, 0.4) is 0 Å². The number of nitrogens with zero attached hydrogens (tertiary/aromatic N) is 4. The maximum Gasteiger partial charge on any atom is 0.183 e. The van der Waals surface area contributed by atoms with Crippen molar-refractivity contribution in [3.8, 4) is 6.07 Å². The van der Waals surface area contributed by atoms with Crippen LogP contribution in [-0.2, 0) is 0 Å².